The Hall–Kier alpha value is -0.260. The monoisotopic (exact) mass is 300 g/mol. The predicted molar refractivity (Wildman–Crippen MR) is 84.2 cm³/mol. The van der Waals surface area contributed by atoms with E-state index in [4.69, 9.17) is 4.74 Å². The molecule has 0 atom stereocenters. The van der Waals surface area contributed by atoms with E-state index in [1.165, 1.54) is 32.1 Å². The van der Waals surface area contributed by atoms with Crippen LogP contribution in [0.2, 0.25) is 0 Å². The summed E-state index contributed by atoms with van der Waals surface area (Å²) in [7, 11) is 1.97. The molecule has 5 heteroatoms. The molecule has 0 unspecified atom stereocenters. The fourth-order valence-electron chi connectivity index (χ4n) is 3.59. The third-order valence-corrected chi connectivity index (χ3v) is 5.23. The third kappa shape index (κ3) is 3.89. The highest BCUT2D eigenvalue weighted by molar-refractivity contribution is 7.99. The fourth-order valence-corrected chi connectivity index (χ4v) is 4.05. The van der Waals surface area contributed by atoms with Crippen molar-refractivity contribution in [2.24, 2.45) is 0 Å². The molecule has 1 saturated heterocycles. The van der Waals surface area contributed by atoms with E-state index in [9.17, 15) is 4.79 Å². The van der Waals surface area contributed by atoms with Crippen molar-refractivity contribution in [2.75, 3.05) is 51.9 Å². The van der Waals surface area contributed by atoms with Gasteiger partial charge in [-0.1, -0.05) is 19.3 Å². The van der Waals surface area contributed by atoms with Gasteiger partial charge in [0.25, 0.3) is 0 Å². The highest BCUT2D eigenvalue weighted by Crippen LogP contribution is 2.35. The van der Waals surface area contributed by atoms with Crippen molar-refractivity contribution >= 4 is 17.7 Å². The molecule has 116 valence electrons. The first-order chi connectivity index (χ1) is 9.68. The van der Waals surface area contributed by atoms with Crippen LogP contribution in [0, 0.1) is 0 Å². The molecule has 1 amide bonds. The number of hydrogen-bond donors (Lipinski definition) is 0. The molecular formula is C15H28N2O2S. The summed E-state index contributed by atoms with van der Waals surface area (Å²) in [6.45, 7) is 4.59. The molecule has 1 aliphatic carbocycles. The molecule has 0 aromatic rings. The Kier molecular flexibility index (Phi) is 6.18. The Morgan fingerprint density at radius 2 is 1.90 bits per heavy atom. The van der Waals surface area contributed by atoms with Gasteiger partial charge in [-0.2, -0.15) is 11.8 Å². The van der Waals surface area contributed by atoms with Crippen LogP contribution >= 0.6 is 11.8 Å². The molecule has 1 saturated carbocycles. The van der Waals surface area contributed by atoms with Crippen LogP contribution in [0.4, 0.5) is 0 Å². The van der Waals surface area contributed by atoms with Gasteiger partial charge in [0.2, 0.25) is 5.91 Å². The predicted octanol–water partition coefficient (Wildman–Crippen LogP) is 1.84. The molecule has 1 aliphatic heterocycles. The lowest BCUT2D eigenvalue weighted by Crippen LogP contribution is -2.60. The van der Waals surface area contributed by atoms with Crippen LogP contribution in [-0.2, 0) is 9.53 Å². The number of likely N-dealkylation sites (N-methyl/N-ethyl adjacent to an activating group) is 1. The molecule has 20 heavy (non-hydrogen) atoms. The first kappa shape index (κ1) is 16.1. The average molecular weight is 300 g/mol. The minimum Gasteiger partial charge on any atom is -0.379 e. The SMILES string of the molecule is CSCC(=O)N(C)CC1(N2CCOCC2)CCCCC1. The minimum absolute atomic E-state index is 0.199. The topological polar surface area (TPSA) is 32.8 Å². The molecule has 2 rings (SSSR count). The van der Waals surface area contributed by atoms with Gasteiger partial charge in [0.05, 0.1) is 19.0 Å². The van der Waals surface area contributed by atoms with Crippen LogP contribution in [0.3, 0.4) is 0 Å². The summed E-state index contributed by atoms with van der Waals surface area (Å²) in [5.74, 6) is 0.853. The number of rotatable bonds is 5. The van der Waals surface area contributed by atoms with Gasteiger partial charge in [-0.05, 0) is 19.1 Å². The number of amides is 1. The van der Waals surface area contributed by atoms with Crippen LogP contribution in [-0.4, -0.2) is 73.2 Å². The number of hydrogen-bond acceptors (Lipinski definition) is 4. The fraction of sp³-hybridized carbons (Fsp3) is 0.933. The van der Waals surface area contributed by atoms with Gasteiger partial charge in [-0.15, -0.1) is 0 Å². The second kappa shape index (κ2) is 7.66. The van der Waals surface area contributed by atoms with E-state index >= 15 is 0 Å². The van der Waals surface area contributed by atoms with Crippen molar-refractivity contribution in [3.05, 3.63) is 0 Å². The Bertz CT molecular complexity index is 313. The van der Waals surface area contributed by atoms with Gasteiger partial charge < -0.3 is 9.64 Å². The van der Waals surface area contributed by atoms with Gasteiger partial charge in [-0.25, -0.2) is 0 Å². The number of carbonyl (C=O) groups is 1. The Morgan fingerprint density at radius 1 is 1.25 bits per heavy atom. The maximum absolute atomic E-state index is 12.1. The van der Waals surface area contributed by atoms with Gasteiger partial charge >= 0.3 is 0 Å². The van der Waals surface area contributed by atoms with Gasteiger partial charge in [-0.3, -0.25) is 9.69 Å². The molecule has 0 spiro atoms. The van der Waals surface area contributed by atoms with Crippen molar-refractivity contribution in [3.63, 3.8) is 0 Å². The lowest BCUT2D eigenvalue weighted by Gasteiger charge is -2.49. The quantitative estimate of drug-likeness (QED) is 0.776. The minimum atomic E-state index is 0.199. The summed E-state index contributed by atoms with van der Waals surface area (Å²) in [5, 5.41) is 0. The highest BCUT2D eigenvalue weighted by atomic mass is 32.2. The van der Waals surface area contributed by atoms with E-state index in [0.717, 1.165) is 32.8 Å². The summed E-state index contributed by atoms with van der Waals surface area (Å²) in [6, 6.07) is 0. The number of nitrogens with zero attached hydrogens (tertiary/aromatic N) is 2. The van der Waals surface area contributed by atoms with Crippen LogP contribution in [0.1, 0.15) is 32.1 Å². The van der Waals surface area contributed by atoms with Gasteiger partial charge in [0.15, 0.2) is 0 Å². The molecule has 0 bridgehead atoms. The Labute approximate surface area is 127 Å². The zero-order chi connectivity index (χ0) is 14.4. The largest absolute Gasteiger partial charge is 0.379 e. The van der Waals surface area contributed by atoms with Crippen molar-refractivity contribution in [1.29, 1.82) is 0 Å². The summed E-state index contributed by atoms with van der Waals surface area (Å²) in [6.07, 6.45) is 8.37. The standard InChI is InChI=1S/C15H28N2O2S/c1-16(14(18)12-20-2)13-15(6-4-3-5-7-15)17-8-10-19-11-9-17/h3-13H2,1-2H3. The van der Waals surface area contributed by atoms with E-state index in [0.29, 0.717) is 5.75 Å². The molecule has 0 radical (unpaired) electrons. The summed E-state index contributed by atoms with van der Waals surface area (Å²) in [5.41, 5.74) is 0.199. The Balaban J connectivity index is 2.04. The molecule has 4 nitrogen and oxygen atoms in total. The van der Waals surface area contributed by atoms with Crippen molar-refractivity contribution in [2.45, 2.75) is 37.6 Å². The maximum Gasteiger partial charge on any atom is 0.232 e. The van der Waals surface area contributed by atoms with E-state index in [2.05, 4.69) is 4.90 Å². The zero-order valence-corrected chi connectivity index (χ0v) is 13.7. The van der Waals surface area contributed by atoms with E-state index in [1.807, 2.05) is 18.2 Å². The van der Waals surface area contributed by atoms with Gasteiger partial charge in [0, 0.05) is 32.2 Å². The van der Waals surface area contributed by atoms with Crippen LogP contribution in [0.15, 0.2) is 0 Å². The summed E-state index contributed by atoms with van der Waals surface area (Å²) < 4.78 is 5.50. The smallest absolute Gasteiger partial charge is 0.232 e. The molecule has 0 N–H and O–H groups in total. The van der Waals surface area contributed by atoms with E-state index in [1.54, 1.807) is 11.8 Å². The third-order valence-electron chi connectivity index (χ3n) is 4.69. The molecule has 0 aromatic heterocycles. The normalized spacial score (nSPS) is 23.5. The molecule has 2 fully saturated rings. The second-order valence-electron chi connectivity index (χ2n) is 6.07. The number of thioether (sulfide) groups is 1. The van der Waals surface area contributed by atoms with E-state index < -0.39 is 0 Å². The first-order valence-electron chi connectivity index (χ1n) is 7.74. The van der Waals surface area contributed by atoms with Crippen LogP contribution in [0.25, 0.3) is 0 Å². The highest BCUT2D eigenvalue weighted by Gasteiger charge is 2.40. The van der Waals surface area contributed by atoms with Crippen LogP contribution in [0.5, 0.6) is 0 Å². The number of ether oxygens (including phenoxy) is 1. The molecule has 0 aromatic carbocycles. The molecular weight excluding hydrogens is 272 g/mol. The molecule has 2 aliphatic rings. The number of morpholine rings is 1. The van der Waals surface area contributed by atoms with Crippen molar-refractivity contribution in [3.8, 4) is 0 Å². The first-order valence-corrected chi connectivity index (χ1v) is 9.13. The van der Waals surface area contributed by atoms with Crippen LogP contribution < -0.4 is 0 Å². The van der Waals surface area contributed by atoms with Crippen molar-refractivity contribution < 1.29 is 9.53 Å². The van der Waals surface area contributed by atoms with Crippen molar-refractivity contribution in [1.82, 2.24) is 9.80 Å². The van der Waals surface area contributed by atoms with E-state index in [-0.39, 0.29) is 11.4 Å². The second-order valence-corrected chi connectivity index (χ2v) is 6.93. The summed E-state index contributed by atoms with van der Waals surface area (Å²) >= 11 is 1.61. The van der Waals surface area contributed by atoms with Gasteiger partial charge in [0.1, 0.15) is 0 Å². The lowest BCUT2D eigenvalue weighted by atomic mass is 9.79. The zero-order valence-electron chi connectivity index (χ0n) is 12.9. The lowest BCUT2D eigenvalue weighted by molar-refractivity contribution is -0.130. The average Bonchev–Trinajstić information content (AvgIpc) is 2.49. The summed E-state index contributed by atoms with van der Waals surface area (Å²) in [4.78, 5) is 16.7. The molecule has 1 heterocycles. The Morgan fingerprint density at radius 3 is 2.50 bits per heavy atom. The number of carbonyl (C=O) groups excluding carboxylic acids is 1. The maximum atomic E-state index is 12.1.